The number of hydrogen-bond donors (Lipinski definition) is 1. The number of aromatic nitrogens is 5. The monoisotopic (exact) mass is 526 g/mol. The molecule has 0 spiro atoms. The first-order valence-corrected chi connectivity index (χ1v) is 10.3. The van der Waals surface area contributed by atoms with Crippen molar-refractivity contribution in [3.05, 3.63) is 83.4 Å². The highest BCUT2D eigenvalue weighted by Gasteiger charge is 2.39. The molecule has 0 aliphatic rings. The number of fused-ring (bicyclic) bond motifs is 1. The van der Waals surface area contributed by atoms with Gasteiger partial charge in [0.05, 0.1) is 16.7 Å². The van der Waals surface area contributed by atoms with E-state index in [2.05, 4.69) is 20.2 Å². The van der Waals surface area contributed by atoms with Gasteiger partial charge in [-0.3, -0.25) is 0 Å². The average Bonchev–Trinajstić information content (AvgIpc) is 3.44. The van der Waals surface area contributed by atoms with Gasteiger partial charge in [-0.2, -0.15) is 26.3 Å². The van der Waals surface area contributed by atoms with Crippen molar-refractivity contribution < 1.29 is 44.3 Å². The van der Waals surface area contributed by atoms with Crippen LogP contribution in [0.25, 0.3) is 33.7 Å². The first-order chi connectivity index (χ1) is 17.4. The van der Waals surface area contributed by atoms with Crippen LogP contribution in [-0.2, 0) is 18.9 Å². The summed E-state index contributed by atoms with van der Waals surface area (Å²) in [4.78, 5) is 7.08. The minimum atomic E-state index is -5.07. The molecule has 5 rings (SSSR count). The summed E-state index contributed by atoms with van der Waals surface area (Å²) < 4.78 is 113. The van der Waals surface area contributed by atoms with Crippen molar-refractivity contribution in [1.82, 2.24) is 20.2 Å². The molecule has 3 heterocycles. The molecular formula is C23H12F8N5O+. The summed E-state index contributed by atoms with van der Waals surface area (Å²) in [5.41, 5.74) is -3.05. The summed E-state index contributed by atoms with van der Waals surface area (Å²) in [6.45, 7) is -0.107. The van der Waals surface area contributed by atoms with Crippen LogP contribution in [0, 0.1) is 11.6 Å². The zero-order valence-corrected chi connectivity index (χ0v) is 18.1. The third kappa shape index (κ3) is 4.86. The Morgan fingerprint density at radius 3 is 2.35 bits per heavy atom. The van der Waals surface area contributed by atoms with Gasteiger partial charge in [-0.05, 0) is 29.4 Å². The lowest BCUT2D eigenvalue weighted by Gasteiger charge is -2.14. The first kappa shape index (κ1) is 24.3. The Kier molecular flexibility index (Phi) is 5.68. The van der Waals surface area contributed by atoms with E-state index in [0.29, 0.717) is 29.2 Å². The Morgan fingerprint density at radius 2 is 1.65 bits per heavy atom. The molecule has 190 valence electrons. The van der Waals surface area contributed by atoms with E-state index in [4.69, 9.17) is 4.52 Å². The molecule has 0 radical (unpaired) electrons. The zero-order chi connectivity index (χ0) is 26.5. The molecule has 0 saturated carbocycles. The summed E-state index contributed by atoms with van der Waals surface area (Å²) in [5.74, 6) is -1.39. The molecule has 3 aromatic heterocycles. The van der Waals surface area contributed by atoms with Crippen LogP contribution in [0.2, 0.25) is 0 Å². The second-order valence-corrected chi connectivity index (χ2v) is 7.91. The van der Waals surface area contributed by atoms with E-state index in [9.17, 15) is 35.1 Å². The van der Waals surface area contributed by atoms with Gasteiger partial charge >= 0.3 is 12.4 Å². The molecule has 0 unspecified atom stereocenters. The van der Waals surface area contributed by atoms with Gasteiger partial charge in [0.2, 0.25) is 18.5 Å². The van der Waals surface area contributed by atoms with Gasteiger partial charge in [0.25, 0.3) is 0 Å². The van der Waals surface area contributed by atoms with Crippen LogP contribution >= 0.6 is 0 Å². The number of H-pyrrole nitrogens is 1. The molecule has 5 aromatic rings. The Balaban J connectivity index is 1.43. The molecule has 0 aliphatic heterocycles. The van der Waals surface area contributed by atoms with Crippen LogP contribution in [0.5, 0.6) is 0 Å². The Labute approximate surface area is 201 Å². The summed E-state index contributed by atoms with van der Waals surface area (Å²) in [7, 11) is 0. The van der Waals surface area contributed by atoms with Crippen LogP contribution in [0.1, 0.15) is 16.9 Å². The fourth-order valence-corrected chi connectivity index (χ4v) is 3.66. The summed E-state index contributed by atoms with van der Waals surface area (Å²) in [6, 6.07) is 5.40. The number of imidazole rings is 1. The molecule has 2 aromatic carbocycles. The fraction of sp³-hybridized carbons (Fsp3) is 0.130. The maximum Gasteiger partial charge on any atom is 0.417 e. The average molecular weight is 526 g/mol. The molecule has 6 nitrogen and oxygen atoms in total. The molecule has 0 amide bonds. The third-order valence-corrected chi connectivity index (χ3v) is 5.36. The van der Waals surface area contributed by atoms with E-state index in [1.165, 1.54) is 23.1 Å². The highest BCUT2D eigenvalue weighted by Crippen LogP contribution is 2.40. The number of nitrogens with zero attached hydrogens (tertiary/aromatic N) is 4. The molecular weight excluding hydrogens is 514 g/mol. The number of aromatic amines is 1. The second-order valence-electron chi connectivity index (χ2n) is 7.91. The Morgan fingerprint density at radius 1 is 0.892 bits per heavy atom. The predicted octanol–water partition coefficient (Wildman–Crippen LogP) is 5.93. The predicted molar refractivity (Wildman–Crippen MR) is 110 cm³/mol. The molecule has 37 heavy (non-hydrogen) atoms. The van der Waals surface area contributed by atoms with E-state index in [1.807, 2.05) is 0 Å². The number of rotatable bonds is 4. The number of hydrogen-bond acceptors (Lipinski definition) is 4. The smallest absolute Gasteiger partial charge is 0.354 e. The van der Waals surface area contributed by atoms with E-state index in [-0.39, 0.29) is 35.5 Å². The number of alkyl halides is 6. The van der Waals surface area contributed by atoms with Crippen molar-refractivity contribution in [2.75, 3.05) is 0 Å². The topological polar surface area (TPSA) is 71.5 Å². The molecule has 0 aliphatic carbocycles. The molecule has 0 bridgehead atoms. The minimum absolute atomic E-state index is 0.0215. The zero-order valence-electron chi connectivity index (χ0n) is 18.1. The number of halogens is 8. The lowest BCUT2D eigenvalue weighted by atomic mass is 10.0. The lowest BCUT2D eigenvalue weighted by molar-refractivity contribution is -0.746. The van der Waals surface area contributed by atoms with E-state index >= 15 is 0 Å². The quantitative estimate of drug-likeness (QED) is 0.233. The molecule has 0 saturated heterocycles. The second kappa shape index (κ2) is 8.64. The lowest BCUT2D eigenvalue weighted by Crippen LogP contribution is -2.37. The fourth-order valence-electron chi connectivity index (χ4n) is 3.66. The Hall–Kier alpha value is -4.36. The molecule has 1 N–H and O–H groups in total. The maximum absolute atomic E-state index is 14.1. The summed E-state index contributed by atoms with van der Waals surface area (Å²) in [5, 5.41) is 7.69. The van der Waals surface area contributed by atoms with Crippen LogP contribution in [0.15, 0.2) is 59.4 Å². The van der Waals surface area contributed by atoms with Crippen molar-refractivity contribution in [1.29, 1.82) is 0 Å². The van der Waals surface area contributed by atoms with Gasteiger partial charge in [0, 0.05) is 17.7 Å². The van der Waals surface area contributed by atoms with Crippen molar-refractivity contribution in [2.24, 2.45) is 0 Å². The van der Waals surface area contributed by atoms with Crippen LogP contribution in [-0.4, -0.2) is 20.2 Å². The summed E-state index contributed by atoms with van der Waals surface area (Å²) in [6.07, 6.45) is -7.22. The highest BCUT2D eigenvalue weighted by molar-refractivity contribution is 5.77. The van der Waals surface area contributed by atoms with E-state index < -0.39 is 40.7 Å². The normalized spacial score (nSPS) is 12.4. The number of benzene rings is 2. The molecule has 0 fully saturated rings. The first-order valence-electron chi connectivity index (χ1n) is 10.3. The minimum Gasteiger partial charge on any atom is -0.354 e. The van der Waals surface area contributed by atoms with Crippen molar-refractivity contribution in [2.45, 2.75) is 18.9 Å². The van der Waals surface area contributed by atoms with Gasteiger partial charge in [-0.1, -0.05) is 15.9 Å². The van der Waals surface area contributed by atoms with Gasteiger partial charge < -0.3 is 9.51 Å². The van der Waals surface area contributed by atoms with Gasteiger partial charge in [0.1, 0.15) is 40.4 Å². The van der Waals surface area contributed by atoms with E-state index in [1.54, 1.807) is 0 Å². The van der Waals surface area contributed by atoms with Crippen molar-refractivity contribution in [3.63, 3.8) is 0 Å². The van der Waals surface area contributed by atoms with Crippen molar-refractivity contribution in [3.8, 4) is 22.6 Å². The largest absolute Gasteiger partial charge is 0.417 e. The van der Waals surface area contributed by atoms with Gasteiger partial charge in [0.15, 0.2) is 0 Å². The van der Waals surface area contributed by atoms with Crippen LogP contribution in [0.4, 0.5) is 35.1 Å². The molecule has 0 atom stereocenters. The van der Waals surface area contributed by atoms with Crippen LogP contribution in [0.3, 0.4) is 0 Å². The summed E-state index contributed by atoms with van der Waals surface area (Å²) >= 11 is 0. The Bertz CT molecular complexity index is 1620. The van der Waals surface area contributed by atoms with E-state index in [0.717, 1.165) is 12.1 Å². The maximum atomic E-state index is 14.1. The molecule has 14 heteroatoms. The SMILES string of the molecule is Fc1ccc(-c2nc3cn[n+](Cc4cc(-c5ccc(C(F)(F)F)cc5C(F)(F)F)no4)cc3[nH]2)c(F)c1. The third-order valence-electron chi connectivity index (χ3n) is 5.36. The van der Waals surface area contributed by atoms with Crippen molar-refractivity contribution >= 4 is 11.0 Å². The van der Waals surface area contributed by atoms with Gasteiger partial charge in [-0.25, -0.2) is 13.8 Å². The van der Waals surface area contributed by atoms with Gasteiger partial charge in [-0.15, -0.1) is 0 Å². The highest BCUT2D eigenvalue weighted by atomic mass is 19.4. The number of nitrogens with one attached hydrogen (secondary N) is 1. The van der Waals surface area contributed by atoms with Crippen LogP contribution < -0.4 is 4.68 Å². The standard InChI is InChI=1S/C23H11F8N5O/c24-12-2-4-15(17(25)6-12)21-33-19-8-32-36(10-20(19)34-21)9-13-7-18(35-37-13)14-3-1-11(22(26,27)28)5-16(14)23(29,30)31/h1-8,10H,9H2/p+1.